The van der Waals surface area contributed by atoms with Gasteiger partial charge in [-0.1, -0.05) is 20.3 Å². The summed E-state index contributed by atoms with van der Waals surface area (Å²) in [6.45, 7) is 3.18. The van der Waals surface area contributed by atoms with E-state index in [1.54, 1.807) is 6.92 Å². The maximum Gasteiger partial charge on any atom is 0.326 e. The monoisotopic (exact) mass is 454 g/mol. The van der Waals surface area contributed by atoms with Crippen LogP contribution in [0.15, 0.2) is 12.5 Å². The van der Waals surface area contributed by atoms with Gasteiger partial charge in [0.2, 0.25) is 17.7 Å². The molecule has 0 saturated heterocycles. The number of hydrogen-bond acceptors (Lipinski definition) is 7. The van der Waals surface area contributed by atoms with Gasteiger partial charge in [-0.25, -0.2) is 9.78 Å². The number of nitrogens with zero attached hydrogens (tertiary/aromatic N) is 1. The Hall–Kier alpha value is -3.48. The van der Waals surface area contributed by atoms with Gasteiger partial charge in [-0.15, -0.1) is 0 Å². The summed E-state index contributed by atoms with van der Waals surface area (Å²) >= 11 is 0. The van der Waals surface area contributed by atoms with Gasteiger partial charge in [0, 0.05) is 24.7 Å². The first kappa shape index (κ1) is 26.6. The van der Waals surface area contributed by atoms with E-state index >= 15 is 0 Å². The zero-order valence-electron chi connectivity index (χ0n) is 18.0. The van der Waals surface area contributed by atoms with Gasteiger partial charge < -0.3 is 36.9 Å². The van der Waals surface area contributed by atoms with Crippen LogP contribution in [0.25, 0.3) is 0 Å². The second kappa shape index (κ2) is 13.0. The molecule has 8 N–H and O–H groups in total. The van der Waals surface area contributed by atoms with Crippen molar-refractivity contribution in [3.05, 3.63) is 18.2 Å². The molecule has 0 aliphatic rings. The van der Waals surface area contributed by atoms with E-state index in [2.05, 4.69) is 25.9 Å². The van der Waals surface area contributed by atoms with Crippen molar-refractivity contribution in [2.24, 2.45) is 11.7 Å². The number of rotatable bonds is 14. The zero-order chi connectivity index (χ0) is 24.3. The largest absolute Gasteiger partial charge is 0.481 e. The molecular formula is C19H30N6O7. The molecule has 3 amide bonds. The number of carboxylic acid groups (broad SMARTS) is 2. The van der Waals surface area contributed by atoms with Crippen molar-refractivity contribution in [3.63, 3.8) is 0 Å². The molecule has 13 nitrogen and oxygen atoms in total. The normalized spacial score (nSPS) is 14.5. The number of aromatic nitrogens is 2. The fourth-order valence-electron chi connectivity index (χ4n) is 2.67. The Morgan fingerprint density at radius 3 is 2.34 bits per heavy atom. The van der Waals surface area contributed by atoms with Crippen molar-refractivity contribution in [1.82, 2.24) is 25.9 Å². The molecule has 0 saturated carbocycles. The highest BCUT2D eigenvalue weighted by atomic mass is 16.4. The number of carbonyl (C=O) groups is 5. The van der Waals surface area contributed by atoms with Gasteiger partial charge in [0.1, 0.15) is 12.1 Å². The molecule has 0 spiro atoms. The van der Waals surface area contributed by atoms with Crippen LogP contribution in [-0.4, -0.2) is 74.5 Å². The number of carboxylic acids is 2. The van der Waals surface area contributed by atoms with Gasteiger partial charge in [0.25, 0.3) is 0 Å². The van der Waals surface area contributed by atoms with Gasteiger partial charge in [0.15, 0.2) is 0 Å². The molecule has 178 valence electrons. The van der Waals surface area contributed by atoms with Gasteiger partial charge in [0.05, 0.1) is 18.9 Å². The van der Waals surface area contributed by atoms with E-state index in [1.165, 1.54) is 12.5 Å². The highest BCUT2D eigenvalue weighted by Gasteiger charge is 2.28. The van der Waals surface area contributed by atoms with Crippen molar-refractivity contribution < 1.29 is 34.2 Å². The number of aliphatic carboxylic acids is 2. The second-order valence-electron chi connectivity index (χ2n) is 7.36. The first-order valence-electron chi connectivity index (χ1n) is 10.1. The lowest BCUT2D eigenvalue weighted by Crippen LogP contribution is -2.54. The number of nitrogens with one attached hydrogen (secondary N) is 4. The van der Waals surface area contributed by atoms with Crippen molar-refractivity contribution in [2.45, 2.75) is 57.7 Å². The smallest absolute Gasteiger partial charge is 0.326 e. The van der Waals surface area contributed by atoms with E-state index < -0.39 is 60.8 Å². The first-order chi connectivity index (χ1) is 15.0. The molecule has 4 atom stereocenters. The lowest BCUT2D eigenvalue weighted by Gasteiger charge is -2.21. The second-order valence-corrected chi connectivity index (χ2v) is 7.36. The average molecular weight is 454 g/mol. The van der Waals surface area contributed by atoms with Crippen LogP contribution in [0.2, 0.25) is 0 Å². The minimum Gasteiger partial charge on any atom is -0.481 e. The van der Waals surface area contributed by atoms with Gasteiger partial charge in [-0.3, -0.25) is 19.2 Å². The molecule has 0 radical (unpaired) electrons. The summed E-state index contributed by atoms with van der Waals surface area (Å²) in [7, 11) is 0. The van der Waals surface area contributed by atoms with Crippen LogP contribution in [0, 0.1) is 5.92 Å². The van der Waals surface area contributed by atoms with E-state index in [1.807, 2.05) is 6.92 Å². The number of amides is 3. The van der Waals surface area contributed by atoms with E-state index in [4.69, 9.17) is 10.8 Å². The number of carbonyl (C=O) groups excluding carboxylic acids is 3. The van der Waals surface area contributed by atoms with Crippen LogP contribution in [-0.2, 0) is 30.4 Å². The fraction of sp³-hybridized carbons (Fsp3) is 0.579. The summed E-state index contributed by atoms with van der Waals surface area (Å²) < 4.78 is 0. The minimum atomic E-state index is -1.33. The Morgan fingerprint density at radius 2 is 1.81 bits per heavy atom. The zero-order valence-corrected chi connectivity index (χ0v) is 18.0. The maximum absolute atomic E-state index is 12.6. The molecule has 0 bridgehead atoms. The van der Waals surface area contributed by atoms with Crippen LogP contribution < -0.4 is 21.7 Å². The van der Waals surface area contributed by atoms with Gasteiger partial charge in [-0.05, 0) is 12.3 Å². The molecule has 1 heterocycles. The van der Waals surface area contributed by atoms with E-state index in [0.29, 0.717) is 12.1 Å². The van der Waals surface area contributed by atoms with Gasteiger partial charge in [-0.2, -0.15) is 0 Å². The third kappa shape index (κ3) is 9.12. The average Bonchev–Trinajstić information content (AvgIpc) is 3.26. The van der Waals surface area contributed by atoms with Crippen LogP contribution >= 0.6 is 0 Å². The summed E-state index contributed by atoms with van der Waals surface area (Å²) in [5, 5.41) is 25.3. The summed E-state index contributed by atoms with van der Waals surface area (Å²) in [6.07, 6.45) is 2.61. The maximum atomic E-state index is 12.6. The quantitative estimate of drug-likeness (QED) is 0.171. The van der Waals surface area contributed by atoms with Crippen molar-refractivity contribution in [2.75, 3.05) is 6.54 Å². The highest BCUT2D eigenvalue weighted by Crippen LogP contribution is 2.05. The standard InChI is InChI=1S/C19H30N6O7/c1-3-10(2)16(20)18(30)22-8-14(26)24-12(4-5-15(27)28)17(29)25-13(19(31)32)6-11-7-21-9-23-11/h7,9-10,12-13,16H,3-6,8,20H2,1-2H3,(H,21,23)(H,22,30)(H,24,26)(H,25,29)(H,27,28)(H,31,32). The number of imidazole rings is 1. The number of hydrogen-bond donors (Lipinski definition) is 7. The molecule has 4 unspecified atom stereocenters. The number of H-pyrrole nitrogens is 1. The molecular weight excluding hydrogens is 424 g/mol. The van der Waals surface area contributed by atoms with Crippen molar-refractivity contribution >= 4 is 29.7 Å². The van der Waals surface area contributed by atoms with E-state index in [-0.39, 0.29) is 18.8 Å². The van der Waals surface area contributed by atoms with Crippen LogP contribution in [0.4, 0.5) is 0 Å². The molecule has 0 aliphatic carbocycles. The number of nitrogens with two attached hydrogens (primary N) is 1. The SMILES string of the molecule is CCC(C)C(N)C(=O)NCC(=O)NC(CCC(=O)O)C(=O)NC(Cc1cnc[nH]1)C(=O)O. The summed E-state index contributed by atoms with van der Waals surface area (Å²) in [5.74, 6) is -4.77. The third-order valence-corrected chi connectivity index (χ3v) is 4.87. The predicted molar refractivity (Wildman–Crippen MR) is 111 cm³/mol. The topological polar surface area (TPSA) is 217 Å². The predicted octanol–water partition coefficient (Wildman–Crippen LogP) is -1.64. The Kier molecular flexibility index (Phi) is 10.8. The van der Waals surface area contributed by atoms with Crippen molar-refractivity contribution in [3.8, 4) is 0 Å². The fourth-order valence-corrected chi connectivity index (χ4v) is 2.67. The molecule has 0 aromatic carbocycles. The molecule has 1 aromatic rings. The Bertz CT molecular complexity index is 798. The third-order valence-electron chi connectivity index (χ3n) is 4.87. The molecule has 0 fully saturated rings. The summed E-state index contributed by atoms with van der Waals surface area (Å²) in [6, 6.07) is -3.46. The lowest BCUT2D eigenvalue weighted by atomic mass is 9.99. The Labute approximate surface area is 184 Å². The summed E-state index contributed by atoms with van der Waals surface area (Å²) in [5.41, 5.74) is 6.25. The minimum absolute atomic E-state index is 0.0930. The Balaban J connectivity index is 2.75. The molecule has 1 rings (SSSR count). The van der Waals surface area contributed by atoms with E-state index in [0.717, 1.165) is 0 Å². The lowest BCUT2D eigenvalue weighted by molar-refractivity contribution is -0.143. The number of aromatic amines is 1. The summed E-state index contributed by atoms with van der Waals surface area (Å²) in [4.78, 5) is 65.7. The molecule has 0 aliphatic heterocycles. The van der Waals surface area contributed by atoms with Crippen molar-refractivity contribution in [1.29, 1.82) is 0 Å². The van der Waals surface area contributed by atoms with Crippen LogP contribution in [0.5, 0.6) is 0 Å². The Morgan fingerprint density at radius 1 is 1.12 bits per heavy atom. The molecule has 32 heavy (non-hydrogen) atoms. The van der Waals surface area contributed by atoms with E-state index in [9.17, 15) is 29.1 Å². The van der Waals surface area contributed by atoms with Gasteiger partial charge >= 0.3 is 11.9 Å². The molecule has 13 heteroatoms. The first-order valence-corrected chi connectivity index (χ1v) is 10.1. The highest BCUT2D eigenvalue weighted by molar-refractivity contribution is 5.92. The van der Waals surface area contributed by atoms with Crippen LogP contribution in [0.3, 0.4) is 0 Å². The van der Waals surface area contributed by atoms with Crippen LogP contribution in [0.1, 0.15) is 38.8 Å². The molecule has 1 aromatic heterocycles.